The molecule has 1 heterocycles. The van der Waals surface area contributed by atoms with E-state index in [1.807, 2.05) is 24.3 Å². The van der Waals surface area contributed by atoms with Crippen LogP contribution >= 0.6 is 23.1 Å². The largest absolute Gasteiger partial charge is 0.319 e. The van der Waals surface area contributed by atoms with Crippen LogP contribution in [0.15, 0.2) is 28.7 Å². The van der Waals surface area contributed by atoms with Crippen molar-refractivity contribution < 1.29 is 4.57 Å². The Morgan fingerprint density at radius 2 is 1.92 bits per heavy atom. The van der Waals surface area contributed by atoms with Crippen molar-refractivity contribution in [1.82, 2.24) is 0 Å². The van der Waals surface area contributed by atoms with E-state index >= 15 is 0 Å². The molecule has 1 saturated heterocycles. The first-order valence-corrected chi connectivity index (χ1v) is 7.42. The molecule has 0 aromatic heterocycles. The van der Waals surface area contributed by atoms with Gasteiger partial charge in [0.25, 0.3) is 0 Å². The van der Waals surface area contributed by atoms with Crippen LogP contribution in [0.25, 0.3) is 0 Å². The summed E-state index contributed by atoms with van der Waals surface area (Å²) in [5.41, 5.74) is 0. The van der Waals surface area contributed by atoms with Crippen molar-refractivity contribution in [3.63, 3.8) is 0 Å². The molecule has 0 atom stereocenters. The van der Waals surface area contributed by atoms with Gasteiger partial charge < -0.3 is 4.57 Å². The van der Waals surface area contributed by atoms with Crippen LogP contribution < -0.4 is 5.30 Å². The van der Waals surface area contributed by atoms with Gasteiger partial charge in [0.15, 0.2) is 0 Å². The van der Waals surface area contributed by atoms with E-state index in [1.54, 1.807) is 0 Å². The molecule has 1 aliphatic heterocycles. The van der Waals surface area contributed by atoms with Gasteiger partial charge in [-0.2, -0.15) is 0 Å². The van der Waals surface area contributed by atoms with Gasteiger partial charge in [0, 0.05) is 22.1 Å². The summed E-state index contributed by atoms with van der Waals surface area (Å²) in [6.07, 6.45) is 4.07. The highest BCUT2D eigenvalue weighted by Crippen LogP contribution is 2.50. The van der Waals surface area contributed by atoms with Gasteiger partial charge in [0.1, 0.15) is 7.14 Å². The van der Waals surface area contributed by atoms with Crippen LogP contribution in [0, 0.1) is 0 Å². The SMILES string of the molecule is O=P1(c2cccc(Br)c2)CCCC1. The second kappa shape index (κ2) is 3.59. The predicted octanol–water partition coefficient (Wildman–Crippen LogP) is 3.23. The van der Waals surface area contributed by atoms with Crippen LogP contribution in [-0.2, 0) is 4.57 Å². The zero-order valence-electron chi connectivity index (χ0n) is 7.37. The van der Waals surface area contributed by atoms with Crippen LogP contribution in [0.3, 0.4) is 0 Å². The van der Waals surface area contributed by atoms with Crippen LogP contribution in [0.1, 0.15) is 12.8 Å². The fourth-order valence-corrected chi connectivity index (χ4v) is 5.35. The molecule has 1 aromatic rings. The number of rotatable bonds is 1. The van der Waals surface area contributed by atoms with E-state index in [4.69, 9.17) is 0 Å². The first kappa shape index (κ1) is 9.48. The third-order valence-electron chi connectivity index (χ3n) is 2.57. The molecule has 0 N–H and O–H groups in total. The van der Waals surface area contributed by atoms with Crippen LogP contribution in [-0.4, -0.2) is 12.3 Å². The van der Waals surface area contributed by atoms with Crippen molar-refractivity contribution in [2.75, 3.05) is 12.3 Å². The Morgan fingerprint density at radius 1 is 1.23 bits per heavy atom. The Labute approximate surface area is 87.0 Å². The molecule has 13 heavy (non-hydrogen) atoms. The summed E-state index contributed by atoms with van der Waals surface area (Å²) in [4.78, 5) is 0. The van der Waals surface area contributed by atoms with E-state index < -0.39 is 7.14 Å². The summed E-state index contributed by atoms with van der Waals surface area (Å²) in [5, 5.41) is 1.05. The Morgan fingerprint density at radius 3 is 2.54 bits per heavy atom. The molecule has 0 bridgehead atoms. The number of hydrogen-bond acceptors (Lipinski definition) is 1. The quantitative estimate of drug-likeness (QED) is 0.707. The summed E-state index contributed by atoms with van der Waals surface area (Å²) in [7, 11) is -1.98. The van der Waals surface area contributed by atoms with E-state index in [2.05, 4.69) is 15.9 Å². The van der Waals surface area contributed by atoms with Crippen molar-refractivity contribution >= 4 is 28.4 Å². The van der Waals surface area contributed by atoms with Crippen molar-refractivity contribution in [1.29, 1.82) is 0 Å². The lowest BCUT2D eigenvalue weighted by atomic mass is 10.4. The van der Waals surface area contributed by atoms with Gasteiger partial charge in [-0.25, -0.2) is 0 Å². The number of halogens is 1. The molecular weight excluding hydrogens is 247 g/mol. The van der Waals surface area contributed by atoms with Crippen LogP contribution in [0.2, 0.25) is 0 Å². The molecule has 0 unspecified atom stereocenters. The first-order chi connectivity index (χ1) is 6.21. The minimum atomic E-state index is -1.98. The normalized spacial score (nSPS) is 20.4. The fourth-order valence-electron chi connectivity index (χ4n) is 1.83. The summed E-state index contributed by atoms with van der Waals surface area (Å²) >= 11 is 3.41. The Balaban J connectivity index is 2.39. The van der Waals surface area contributed by atoms with Gasteiger partial charge in [-0.1, -0.05) is 28.1 Å². The Bertz CT molecular complexity index is 352. The average molecular weight is 259 g/mol. The molecule has 0 saturated carbocycles. The molecule has 3 heteroatoms. The van der Waals surface area contributed by atoms with Crippen LogP contribution in [0.5, 0.6) is 0 Å². The smallest absolute Gasteiger partial charge is 0.115 e. The molecule has 0 amide bonds. The van der Waals surface area contributed by atoms with Crippen LogP contribution in [0.4, 0.5) is 0 Å². The summed E-state index contributed by atoms with van der Waals surface area (Å²) in [6, 6.07) is 7.95. The first-order valence-electron chi connectivity index (χ1n) is 4.55. The van der Waals surface area contributed by atoms with Gasteiger partial charge >= 0.3 is 0 Å². The van der Waals surface area contributed by atoms with Gasteiger partial charge in [-0.15, -0.1) is 0 Å². The molecular formula is C10H12BrOP. The minimum absolute atomic E-state index is 0.906. The highest BCUT2D eigenvalue weighted by atomic mass is 79.9. The zero-order chi connectivity index (χ0) is 9.31. The van der Waals surface area contributed by atoms with Crippen molar-refractivity contribution in [3.8, 4) is 0 Å². The maximum absolute atomic E-state index is 12.3. The highest BCUT2D eigenvalue weighted by Gasteiger charge is 2.28. The van der Waals surface area contributed by atoms with E-state index in [0.717, 1.165) is 34.9 Å². The predicted molar refractivity (Wildman–Crippen MR) is 60.4 cm³/mol. The molecule has 1 fully saturated rings. The van der Waals surface area contributed by atoms with E-state index in [-0.39, 0.29) is 0 Å². The number of benzene rings is 1. The Kier molecular flexibility index (Phi) is 2.62. The highest BCUT2D eigenvalue weighted by molar-refractivity contribution is 9.10. The number of hydrogen-bond donors (Lipinski definition) is 0. The second-order valence-electron chi connectivity index (χ2n) is 3.52. The van der Waals surface area contributed by atoms with Crippen molar-refractivity contribution in [2.45, 2.75) is 12.8 Å². The lowest BCUT2D eigenvalue weighted by Crippen LogP contribution is -2.05. The molecule has 0 spiro atoms. The lowest BCUT2D eigenvalue weighted by molar-refractivity contribution is 0.585. The summed E-state index contributed by atoms with van der Waals surface area (Å²) in [6.45, 7) is 0. The molecule has 2 rings (SSSR count). The maximum Gasteiger partial charge on any atom is 0.115 e. The summed E-state index contributed by atoms with van der Waals surface area (Å²) in [5.74, 6) is 0. The molecule has 1 nitrogen and oxygen atoms in total. The standard InChI is InChI=1S/C10H12BrOP/c11-9-4-3-5-10(8-9)13(12)6-1-2-7-13/h3-5,8H,1-2,6-7H2. The monoisotopic (exact) mass is 258 g/mol. The van der Waals surface area contributed by atoms with Gasteiger partial charge in [-0.3, -0.25) is 0 Å². The van der Waals surface area contributed by atoms with Gasteiger partial charge in [0.05, 0.1) is 0 Å². The van der Waals surface area contributed by atoms with E-state index in [0.29, 0.717) is 0 Å². The summed E-state index contributed by atoms with van der Waals surface area (Å²) < 4.78 is 13.4. The molecule has 0 aliphatic carbocycles. The lowest BCUT2D eigenvalue weighted by Gasteiger charge is -2.10. The molecule has 1 aromatic carbocycles. The van der Waals surface area contributed by atoms with E-state index in [1.165, 1.54) is 0 Å². The molecule has 70 valence electrons. The Hall–Kier alpha value is -0.0700. The average Bonchev–Trinajstić information content (AvgIpc) is 2.54. The van der Waals surface area contributed by atoms with Gasteiger partial charge in [-0.05, 0) is 25.0 Å². The third kappa shape index (κ3) is 1.89. The van der Waals surface area contributed by atoms with Crippen molar-refractivity contribution in [2.24, 2.45) is 0 Å². The maximum atomic E-state index is 12.3. The molecule has 1 aliphatic rings. The zero-order valence-corrected chi connectivity index (χ0v) is 9.85. The minimum Gasteiger partial charge on any atom is -0.319 e. The fraction of sp³-hybridized carbons (Fsp3) is 0.400. The van der Waals surface area contributed by atoms with Crippen molar-refractivity contribution in [3.05, 3.63) is 28.7 Å². The third-order valence-corrected chi connectivity index (χ3v) is 6.36. The molecule has 0 radical (unpaired) electrons. The van der Waals surface area contributed by atoms with E-state index in [9.17, 15) is 4.57 Å². The second-order valence-corrected chi connectivity index (χ2v) is 7.63. The topological polar surface area (TPSA) is 17.1 Å². The van der Waals surface area contributed by atoms with Gasteiger partial charge in [0.2, 0.25) is 0 Å².